The molecule has 3 rings (SSSR count). The molecule has 0 N–H and O–H groups in total. The first-order chi connectivity index (χ1) is 11.7. The molecule has 0 bridgehead atoms. The molecule has 1 atom stereocenters. The average Bonchev–Trinajstić information content (AvgIpc) is 3.16. The van der Waals surface area contributed by atoms with Crippen molar-refractivity contribution in [2.45, 2.75) is 37.9 Å². The number of piperidine rings is 1. The maximum Gasteiger partial charge on any atom is 0.251 e. The van der Waals surface area contributed by atoms with E-state index in [0.29, 0.717) is 36.9 Å². The number of hydrogen-bond acceptors (Lipinski definition) is 5. The van der Waals surface area contributed by atoms with E-state index in [-0.39, 0.29) is 18.1 Å². The highest BCUT2D eigenvalue weighted by Gasteiger charge is 2.31. The van der Waals surface area contributed by atoms with Gasteiger partial charge in [-0.05, 0) is 25.0 Å². The molecular weight excluding hydrogens is 310 g/mol. The molecule has 24 heavy (non-hydrogen) atoms. The van der Waals surface area contributed by atoms with Gasteiger partial charge in [0.05, 0.1) is 14.2 Å². The lowest BCUT2D eigenvalue weighted by Gasteiger charge is -2.33. The van der Waals surface area contributed by atoms with Crippen LogP contribution in [0, 0.1) is 0 Å². The first-order valence-electron chi connectivity index (χ1n) is 8.51. The van der Waals surface area contributed by atoms with Crippen molar-refractivity contribution in [3.8, 4) is 17.2 Å². The zero-order chi connectivity index (χ0) is 16.9. The van der Waals surface area contributed by atoms with E-state index in [2.05, 4.69) is 0 Å². The maximum absolute atomic E-state index is 12.4. The summed E-state index contributed by atoms with van der Waals surface area (Å²) in [6, 6.07) is 5.58. The van der Waals surface area contributed by atoms with Gasteiger partial charge in [-0.25, -0.2) is 0 Å². The molecule has 2 saturated heterocycles. The van der Waals surface area contributed by atoms with Crippen LogP contribution in [-0.4, -0.2) is 56.9 Å². The lowest BCUT2D eigenvalue weighted by atomic mass is 10.1. The zero-order valence-corrected chi connectivity index (χ0v) is 14.3. The van der Waals surface area contributed by atoms with Crippen LogP contribution in [-0.2, 0) is 9.53 Å². The van der Waals surface area contributed by atoms with E-state index < -0.39 is 0 Å². The first kappa shape index (κ1) is 16.9. The molecule has 0 saturated carbocycles. The molecule has 1 aromatic carbocycles. The van der Waals surface area contributed by atoms with Crippen molar-refractivity contribution in [2.75, 3.05) is 33.9 Å². The molecule has 1 amide bonds. The van der Waals surface area contributed by atoms with Gasteiger partial charge in [-0.1, -0.05) is 6.07 Å². The number of likely N-dealkylation sites (tertiary alicyclic amines) is 1. The number of benzene rings is 1. The van der Waals surface area contributed by atoms with Crippen LogP contribution in [0.4, 0.5) is 0 Å². The van der Waals surface area contributed by atoms with Gasteiger partial charge in [0.2, 0.25) is 5.75 Å². The van der Waals surface area contributed by atoms with Crippen LogP contribution in [0.2, 0.25) is 0 Å². The second-order valence-electron chi connectivity index (χ2n) is 6.14. The van der Waals surface area contributed by atoms with E-state index in [4.69, 9.17) is 18.9 Å². The highest BCUT2D eigenvalue weighted by molar-refractivity contribution is 5.81. The van der Waals surface area contributed by atoms with Crippen molar-refractivity contribution in [3.63, 3.8) is 0 Å². The van der Waals surface area contributed by atoms with Crippen molar-refractivity contribution >= 4 is 5.91 Å². The monoisotopic (exact) mass is 335 g/mol. The molecule has 2 aliphatic rings. The van der Waals surface area contributed by atoms with Crippen molar-refractivity contribution in [3.05, 3.63) is 18.2 Å². The molecule has 2 fully saturated rings. The van der Waals surface area contributed by atoms with Crippen LogP contribution in [0.3, 0.4) is 0 Å². The number of para-hydroxylation sites is 1. The van der Waals surface area contributed by atoms with E-state index in [1.54, 1.807) is 14.2 Å². The van der Waals surface area contributed by atoms with E-state index in [1.807, 2.05) is 23.1 Å². The SMILES string of the molecule is COc1cccc(OC)c1OC1CCN(C(=O)[C@@H]2CCCO2)CC1. The van der Waals surface area contributed by atoms with E-state index in [9.17, 15) is 4.79 Å². The van der Waals surface area contributed by atoms with Gasteiger partial charge in [0.15, 0.2) is 11.5 Å². The Bertz CT molecular complexity index is 540. The molecule has 0 aromatic heterocycles. The normalized spacial score (nSPS) is 21.6. The summed E-state index contributed by atoms with van der Waals surface area (Å²) in [5.74, 6) is 2.08. The molecule has 2 aliphatic heterocycles. The fourth-order valence-corrected chi connectivity index (χ4v) is 3.27. The minimum Gasteiger partial charge on any atom is -0.493 e. The Morgan fingerprint density at radius 3 is 2.33 bits per heavy atom. The van der Waals surface area contributed by atoms with Crippen LogP contribution in [0.5, 0.6) is 17.2 Å². The highest BCUT2D eigenvalue weighted by Crippen LogP contribution is 2.38. The summed E-state index contributed by atoms with van der Waals surface area (Å²) in [4.78, 5) is 14.3. The Morgan fingerprint density at radius 1 is 1.12 bits per heavy atom. The van der Waals surface area contributed by atoms with E-state index >= 15 is 0 Å². The highest BCUT2D eigenvalue weighted by atomic mass is 16.5. The summed E-state index contributed by atoms with van der Waals surface area (Å²) in [7, 11) is 3.23. The molecule has 6 heteroatoms. The minimum absolute atomic E-state index is 0.0451. The molecule has 0 aliphatic carbocycles. The predicted octanol–water partition coefficient (Wildman–Crippen LogP) is 2.25. The molecule has 6 nitrogen and oxygen atoms in total. The Balaban J connectivity index is 1.58. The molecule has 0 spiro atoms. The number of carbonyl (C=O) groups excluding carboxylic acids is 1. The third-order valence-electron chi connectivity index (χ3n) is 4.63. The largest absolute Gasteiger partial charge is 0.493 e. The summed E-state index contributed by atoms with van der Waals surface area (Å²) in [6.07, 6.45) is 3.21. The topological polar surface area (TPSA) is 57.2 Å². The quantitative estimate of drug-likeness (QED) is 0.826. The van der Waals surface area contributed by atoms with Crippen molar-refractivity contribution < 1.29 is 23.7 Å². The fraction of sp³-hybridized carbons (Fsp3) is 0.611. The summed E-state index contributed by atoms with van der Waals surface area (Å²) in [5.41, 5.74) is 0. The Kier molecular flexibility index (Phi) is 5.45. The minimum atomic E-state index is -0.239. The lowest BCUT2D eigenvalue weighted by molar-refractivity contribution is -0.142. The molecule has 132 valence electrons. The molecule has 2 heterocycles. The van der Waals surface area contributed by atoms with E-state index in [0.717, 1.165) is 25.7 Å². The van der Waals surface area contributed by atoms with Crippen molar-refractivity contribution in [1.29, 1.82) is 0 Å². The second kappa shape index (κ2) is 7.75. The van der Waals surface area contributed by atoms with Gasteiger partial charge < -0.3 is 23.8 Å². The molecule has 1 aromatic rings. The summed E-state index contributed by atoms with van der Waals surface area (Å²) < 4.78 is 22.4. The summed E-state index contributed by atoms with van der Waals surface area (Å²) >= 11 is 0. The van der Waals surface area contributed by atoms with Gasteiger partial charge in [0.25, 0.3) is 5.91 Å². The standard InChI is InChI=1S/C18H25NO5/c1-21-14-5-3-6-15(22-2)17(14)24-13-8-10-19(11-9-13)18(20)16-7-4-12-23-16/h3,5-6,13,16H,4,7-12H2,1-2H3/t16-/m0/s1. The first-order valence-corrected chi connectivity index (χ1v) is 8.51. The third-order valence-corrected chi connectivity index (χ3v) is 4.63. The number of amides is 1. The zero-order valence-electron chi connectivity index (χ0n) is 14.3. The van der Waals surface area contributed by atoms with Gasteiger partial charge in [-0.3, -0.25) is 4.79 Å². The summed E-state index contributed by atoms with van der Waals surface area (Å²) in [6.45, 7) is 2.09. The molecule has 0 radical (unpaired) electrons. The Labute approximate surface area is 142 Å². The van der Waals surface area contributed by atoms with Gasteiger partial charge >= 0.3 is 0 Å². The number of rotatable bonds is 5. The van der Waals surface area contributed by atoms with Crippen LogP contribution in [0.15, 0.2) is 18.2 Å². The van der Waals surface area contributed by atoms with Crippen LogP contribution in [0.1, 0.15) is 25.7 Å². The number of ether oxygens (including phenoxy) is 4. The van der Waals surface area contributed by atoms with Gasteiger partial charge in [-0.15, -0.1) is 0 Å². The molecule has 0 unspecified atom stereocenters. The van der Waals surface area contributed by atoms with Gasteiger partial charge in [0, 0.05) is 32.5 Å². The third kappa shape index (κ3) is 3.59. The van der Waals surface area contributed by atoms with Crippen molar-refractivity contribution in [2.24, 2.45) is 0 Å². The maximum atomic E-state index is 12.4. The van der Waals surface area contributed by atoms with E-state index in [1.165, 1.54) is 0 Å². The number of methoxy groups -OCH3 is 2. The summed E-state index contributed by atoms with van der Waals surface area (Å²) in [5, 5.41) is 0. The second-order valence-corrected chi connectivity index (χ2v) is 6.14. The van der Waals surface area contributed by atoms with Gasteiger partial charge in [-0.2, -0.15) is 0 Å². The van der Waals surface area contributed by atoms with Gasteiger partial charge in [0.1, 0.15) is 12.2 Å². The van der Waals surface area contributed by atoms with Crippen LogP contribution in [0.25, 0.3) is 0 Å². The van der Waals surface area contributed by atoms with Crippen LogP contribution >= 0.6 is 0 Å². The molecular formula is C18H25NO5. The average molecular weight is 335 g/mol. The lowest BCUT2D eigenvalue weighted by Crippen LogP contribution is -2.45. The Hall–Kier alpha value is -1.95. The van der Waals surface area contributed by atoms with Crippen LogP contribution < -0.4 is 14.2 Å². The number of carbonyl (C=O) groups is 1. The fourth-order valence-electron chi connectivity index (χ4n) is 3.27. The number of hydrogen-bond donors (Lipinski definition) is 0. The predicted molar refractivity (Wildman–Crippen MR) is 88.8 cm³/mol. The number of nitrogens with zero attached hydrogens (tertiary/aromatic N) is 1. The smallest absolute Gasteiger partial charge is 0.251 e. The van der Waals surface area contributed by atoms with Crippen molar-refractivity contribution in [1.82, 2.24) is 4.90 Å². The Morgan fingerprint density at radius 2 is 1.79 bits per heavy atom.